The molecule has 0 radical (unpaired) electrons. The summed E-state index contributed by atoms with van der Waals surface area (Å²) in [7, 11) is 0. The molecular formula is C56H61N5O6. The van der Waals surface area contributed by atoms with Crippen molar-refractivity contribution >= 4 is 46.1 Å². The maximum Gasteiger partial charge on any atom is 0.340 e. The van der Waals surface area contributed by atoms with E-state index in [2.05, 4.69) is 92.4 Å². The second-order valence-electron chi connectivity index (χ2n) is 17.2. The van der Waals surface area contributed by atoms with Crippen LogP contribution in [0.15, 0.2) is 115 Å². The molecule has 1 spiro atoms. The van der Waals surface area contributed by atoms with Crippen molar-refractivity contribution < 1.29 is 28.9 Å². The van der Waals surface area contributed by atoms with Crippen LogP contribution in [0.4, 0.5) is 34.1 Å². The minimum atomic E-state index is -1.42. The van der Waals surface area contributed by atoms with E-state index < -0.39 is 17.2 Å². The first-order valence-electron chi connectivity index (χ1n) is 23.9. The van der Waals surface area contributed by atoms with Crippen molar-refractivity contribution in [1.29, 1.82) is 0 Å². The number of cyclic esters (lactones) is 1. The number of fused-ring (bicyclic) bond motifs is 7. The number of carbonyl (C=O) groups excluding carboxylic acids is 2. The highest BCUT2D eigenvalue weighted by molar-refractivity contribution is 5.99. The zero-order valence-corrected chi connectivity index (χ0v) is 39.9. The Bertz CT molecular complexity index is 2850. The standard InChI is InChI=1S/C56H61N5O6/c1-9-58(10-2)39-22-26-45-43(32-39)53(63)66-55(45,47-28-24-41(34-50(47)62)60(13-5)14-6)36-17-19-37(20-18-36)57-38-21-30-51-49(31-38)56(48-29-25-42(35-52(48)65-51)61(15-7)16-8)46-27-23-40(59(11-3)12-4)33-44(46)54(64)67-56/h17-35,57,62H,9-16H2,1-8H3. The number of anilines is 6. The first-order valence-corrected chi connectivity index (χ1v) is 23.9. The quantitative estimate of drug-likeness (QED) is 0.0907. The van der Waals surface area contributed by atoms with Crippen LogP contribution >= 0.6 is 0 Å². The number of benzene rings is 6. The Balaban J connectivity index is 1.12. The molecule has 9 rings (SSSR count). The summed E-state index contributed by atoms with van der Waals surface area (Å²) in [6.07, 6.45) is 0. The molecule has 0 fully saturated rings. The summed E-state index contributed by atoms with van der Waals surface area (Å²) in [6, 6.07) is 37.4. The van der Waals surface area contributed by atoms with Crippen LogP contribution in [-0.4, -0.2) is 69.4 Å². The topological polar surface area (TPSA) is 107 Å². The molecule has 0 aliphatic carbocycles. The number of rotatable bonds is 16. The van der Waals surface area contributed by atoms with Gasteiger partial charge in [-0.05, 0) is 134 Å². The summed E-state index contributed by atoms with van der Waals surface area (Å²) in [4.78, 5) is 37.0. The highest BCUT2D eigenvalue weighted by Crippen LogP contribution is 2.58. The Labute approximate surface area is 394 Å². The predicted octanol–water partition coefficient (Wildman–Crippen LogP) is 11.6. The number of hydrogen-bond acceptors (Lipinski definition) is 11. The zero-order valence-electron chi connectivity index (χ0n) is 39.9. The fraction of sp³-hybridized carbons (Fsp3) is 0.321. The molecule has 0 amide bonds. The number of esters is 2. The predicted molar refractivity (Wildman–Crippen MR) is 269 cm³/mol. The van der Waals surface area contributed by atoms with Gasteiger partial charge in [0.05, 0.1) is 11.1 Å². The molecular weight excluding hydrogens is 839 g/mol. The number of hydrogen-bond donors (Lipinski definition) is 2. The lowest BCUT2D eigenvalue weighted by Crippen LogP contribution is -2.33. The van der Waals surface area contributed by atoms with Gasteiger partial charge in [-0.3, -0.25) is 0 Å². The number of nitrogens with zero attached hydrogens (tertiary/aromatic N) is 4. The second kappa shape index (κ2) is 17.9. The SMILES string of the molecule is CCN(CC)c1ccc(C2(c3ccc(Nc4ccc5c(c4)C4(OC(=O)c6cc(N(CC)CC)ccc64)c4ccc(N(CC)CC)cc4O5)cc3)OC(=O)c3cc(N(CC)CC)ccc32)c(O)c1. The van der Waals surface area contributed by atoms with Gasteiger partial charge in [-0.15, -0.1) is 0 Å². The van der Waals surface area contributed by atoms with E-state index in [9.17, 15) is 14.7 Å². The van der Waals surface area contributed by atoms with E-state index >= 15 is 0 Å². The number of aromatic hydroxyl groups is 1. The van der Waals surface area contributed by atoms with Crippen LogP contribution in [-0.2, 0) is 20.7 Å². The lowest BCUT2D eigenvalue weighted by Gasteiger charge is -2.37. The van der Waals surface area contributed by atoms with Crippen LogP contribution in [0.3, 0.4) is 0 Å². The average molecular weight is 900 g/mol. The molecule has 0 aromatic heterocycles. The van der Waals surface area contributed by atoms with Gasteiger partial charge in [-0.2, -0.15) is 0 Å². The second-order valence-corrected chi connectivity index (χ2v) is 17.2. The van der Waals surface area contributed by atoms with Gasteiger partial charge in [-0.25, -0.2) is 9.59 Å². The van der Waals surface area contributed by atoms with Gasteiger partial charge < -0.3 is 44.2 Å². The van der Waals surface area contributed by atoms with Crippen molar-refractivity contribution in [3.8, 4) is 17.2 Å². The number of carbonyl (C=O) groups is 2. The number of phenols is 1. The molecule has 6 aromatic rings. The molecule has 11 heteroatoms. The Morgan fingerprint density at radius 2 is 0.866 bits per heavy atom. The third-order valence-electron chi connectivity index (χ3n) is 14.1. The molecule has 2 N–H and O–H groups in total. The van der Waals surface area contributed by atoms with Crippen LogP contribution in [0.1, 0.15) is 109 Å². The summed E-state index contributed by atoms with van der Waals surface area (Å²) in [5, 5.41) is 15.5. The Morgan fingerprint density at radius 3 is 1.37 bits per heavy atom. The number of phenolic OH excluding ortho intramolecular Hbond substituents is 1. The molecule has 2 unspecified atom stereocenters. The Hall–Kier alpha value is -7.14. The smallest absolute Gasteiger partial charge is 0.340 e. The van der Waals surface area contributed by atoms with Crippen LogP contribution in [0, 0.1) is 0 Å². The Kier molecular flexibility index (Phi) is 12.0. The lowest BCUT2D eigenvalue weighted by molar-refractivity contribution is 0.0220. The minimum Gasteiger partial charge on any atom is -0.507 e. The molecule has 3 aliphatic heterocycles. The third kappa shape index (κ3) is 7.26. The van der Waals surface area contributed by atoms with Gasteiger partial charge in [0, 0.05) is 132 Å². The summed E-state index contributed by atoms with van der Waals surface area (Å²) >= 11 is 0. The van der Waals surface area contributed by atoms with E-state index in [-0.39, 0.29) is 11.7 Å². The fourth-order valence-corrected chi connectivity index (χ4v) is 10.5. The molecule has 0 saturated carbocycles. The monoisotopic (exact) mass is 899 g/mol. The van der Waals surface area contributed by atoms with Gasteiger partial charge in [0.2, 0.25) is 0 Å². The van der Waals surface area contributed by atoms with Crippen molar-refractivity contribution in [2.75, 3.05) is 77.3 Å². The van der Waals surface area contributed by atoms with Crippen molar-refractivity contribution in [1.82, 2.24) is 0 Å². The maximum absolute atomic E-state index is 14.1. The Morgan fingerprint density at radius 1 is 0.433 bits per heavy atom. The summed E-state index contributed by atoms with van der Waals surface area (Å²) in [5.74, 6) is 0.439. The summed E-state index contributed by atoms with van der Waals surface area (Å²) < 4.78 is 19.9. The molecule has 346 valence electrons. The van der Waals surface area contributed by atoms with Crippen molar-refractivity contribution in [2.24, 2.45) is 0 Å². The van der Waals surface area contributed by atoms with Crippen molar-refractivity contribution in [3.63, 3.8) is 0 Å². The minimum absolute atomic E-state index is 0.0367. The van der Waals surface area contributed by atoms with E-state index in [4.69, 9.17) is 14.2 Å². The highest BCUT2D eigenvalue weighted by Gasteiger charge is 2.54. The largest absolute Gasteiger partial charge is 0.507 e. The highest BCUT2D eigenvalue weighted by atomic mass is 16.6. The molecule has 11 nitrogen and oxygen atoms in total. The van der Waals surface area contributed by atoms with Gasteiger partial charge in [0.25, 0.3) is 0 Å². The fourth-order valence-electron chi connectivity index (χ4n) is 10.5. The molecule has 3 heterocycles. The summed E-state index contributed by atoms with van der Waals surface area (Å²) in [6.45, 7) is 23.2. The van der Waals surface area contributed by atoms with E-state index in [1.165, 1.54) is 0 Å². The van der Waals surface area contributed by atoms with E-state index in [1.54, 1.807) is 6.07 Å². The number of nitrogens with one attached hydrogen (secondary N) is 1. The first-order chi connectivity index (χ1) is 32.5. The number of ether oxygens (including phenoxy) is 3. The van der Waals surface area contributed by atoms with E-state index in [1.807, 2.05) is 97.1 Å². The first kappa shape index (κ1) is 45.0. The molecule has 67 heavy (non-hydrogen) atoms. The van der Waals surface area contributed by atoms with Crippen LogP contribution in [0.25, 0.3) is 0 Å². The lowest BCUT2D eigenvalue weighted by atomic mass is 9.77. The van der Waals surface area contributed by atoms with Crippen LogP contribution in [0.2, 0.25) is 0 Å². The van der Waals surface area contributed by atoms with Gasteiger partial charge in [-0.1, -0.05) is 24.3 Å². The normalized spacial score (nSPS) is 17.4. The summed E-state index contributed by atoms with van der Waals surface area (Å²) in [5.41, 5.74) is 7.71. The van der Waals surface area contributed by atoms with Crippen LogP contribution < -0.4 is 29.7 Å². The molecule has 0 saturated heterocycles. The average Bonchev–Trinajstić information content (AvgIpc) is 3.81. The third-order valence-corrected chi connectivity index (χ3v) is 14.1. The zero-order chi connectivity index (χ0) is 47.2. The van der Waals surface area contributed by atoms with Crippen LogP contribution in [0.5, 0.6) is 17.2 Å². The van der Waals surface area contributed by atoms with Crippen molar-refractivity contribution in [2.45, 2.75) is 66.6 Å². The van der Waals surface area contributed by atoms with E-state index in [0.29, 0.717) is 44.9 Å². The van der Waals surface area contributed by atoms with E-state index in [0.717, 1.165) is 97.6 Å². The van der Waals surface area contributed by atoms with Gasteiger partial charge in [0.15, 0.2) is 11.2 Å². The maximum atomic E-state index is 14.1. The van der Waals surface area contributed by atoms with Gasteiger partial charge in [0.1, 0.15) is 17.2 Å². The molecule has 6 aromatic carbocycles. The molecule has 0 bridgehead atoms. The van der Waals surface area contributed by atoms with Gasteiger partial charge >= 0.3 is 11.9 Å². The molecule has 3 aliphatic rings. The van der Waals surface area contributed by atoms with Crippen molar-refractivity contribution in [3.05, 3.63) is 160 Å². The molecule has 2 atom stereocenters.